The van der Waals surface area contributed by atoms with Gasteiger partial charge in [0.15, 0.2) is 5.75 Å². The molecule has 3 heterocycles. The molecule has 3 aromatic rings. The van der Waals surface area contributed by atoms with Crippen molar-refractivity contribution in [3.63, 3.8) is 0 Å². The van der Waals surface area contributed by atoms with Crippen LogP contribution in [-0.4, -0.2) is 34.5 Å². The first-order valence-corrected chi connectivity index (χ1v) is 10.7. The second kappa shape index (κ2) is 9.25. The van der Waals surface area contributed by atoms with Crippen LogP contribution in [0.4, 0.5) is 20.3 Å². The number of nitrogens with one attached hydrogen (secondary N) is 2. The van der Waals surface area contributed by atoms with Gasteiger partial charge in [0.05, 0.1) is 12.1 Å². The molecule has 0 saturated heterocycles. The van der Waals surface area contributed by atoms with Gasteiger partial charge in [-0.3, -0.25) is 15.1 Å². The van der Waals surface area contributed by atoms with Crippen LogP contribution in [0.25, 0.3) is 0 Å². The maximum absolute atomic E-state index is 12.8. The van der Waals surface area contributed by atoms with Crippen LogP contribution in [0.5, 0.6) is 5.75 Å². The number of amides is 4. The summed E-state index contributed by atoms with van der Waals surface area (Å²) in [5.74, 6) is 0.0572. The van der Waals surface area contributed by atoms with Crippen LogP contribution < -0.4 is 21.1 Å². The normalized spacial score (nSPS) is 12.6. The van der Waals surface area contributed by atoms with E-state index in [1.54, 1.807) is 47.5 Å². The number of hydrogen-bond donors (Lipinski definition) is 3. The summed E-state index contributed by atoms with van der Waals surface area (Å²) in [6.07, 6.45) is 2.58. The van der Waals surface area contributed by atoms with Gasteiger partial charge >= 0.3 is 12.1 Å². The maximum Gasteiger partial charge on any atom is 0.410 e. The highest BCUT2D eigenvalue weighted by molar-refractivity contribution is 7.17. The molecule has 0 radical (unpaired) electrons. The molecule has 0 saturated carbocycles. The number of rotatable bonds is 4. The highest BCUT2D eigenvalue weighted by Gasteiger charge is 2.30. The number of hydrogen-bond acceptors (Lipinski definition) is 6. The van der Waals surface area contributed by atoms with E-state index in [1.807, 2.05) is 0 Å². The van der Waals surface area contributed by atoms with Crippen LogP contribution in [0.1, 0.15) is 20.8 Å². The minimum absolute atomic E-state index is 0.149. The molecule has 1 aliphatic heterocycles. The van der Waals surface area contributed by atoms with Crippen LogP contribution in [0, 0.1) is 0 Å². The Morgan fingerprint density at radius 1 is 1.16 bits per heavy atom. The Morgan fingerprint density at radius 3 is 2.62 bits per heavy atom. The average Bonchev–Trinajstić information content (AvgIpc) is 3.10. The minimum atomic E-state index is -0.986. The zero-order valence-corrected chi connectivity index (χ0v) is 18.2. The smallest absolute Gasteiger partial charge is 0.407 e. The van der Waals surface area contributed by atoms with Gasteiger partial charge in [-0.15, -0.1) is 11.3 Å². The van der Waals surface area contributed by atoms with E-state index >= 15 is 0 Å². The number of primary amides is 1. The number of ether oxygens (including phenoxy) is 1. The average molecular weight is 472 g/mol. The van der Waals surface area contributed by atoms with Crippen LogP contribution >= 0.6 is 22.9 Å². The van der Waals surface area contributed by atoms with Crippen molar-refractivity contribution in [2.24, 2.45) is 5.73 Å². The van der Waals surface area contributed by atoms with Crippen molar-refractivity contribution in [2.75, 3.05) is 17.2 Å². The molecule has 1 aliphatic rings. The van der Waals surface area contributed by atoms with Gasteiger partial charge in [-0.05, 0) is 42.8 Å². The van der Waals surface area contributed by atoms with E-state index in [-0.39, 0.29) is 11.7 Å². The lowest BCUT2D eigenvalue weighted by Crippen LogP contribution is -2.35. The van der Waals surface area contributed by atoms with Crippen molar-refractivity contribution in [3.05, 3.63) is 69.8 Å². The summed E-state index contributed by atoms with van der Waals surface area (Å²) < 4.78 is 5.21. The first-order chi connectivity index (χ1) is 15.4. The summed E-state index contributed by atoms with van der Waals surface area (Å²) in [6, 6.07) is 9.49. The Kier molecular flexibility index (Phi) is 6.24. The fourth-order valence-electron chi connectivity index (χ4n) is 3.31. The molecule has 0 spiro atoms. The van der Waals surface area contributed by atoms with Gasteiger partial charge < -0.3 is 20.7 Å². The number of nitrogens with two attached hydrogens (primary N) is 1. The molecule has 0 atom stereocenters. The summed E-state index contributed by atoms with van der Waals surface area (Å²) in [4.78, 5) is 43.2. The SMILES string of the molecule is NC(=O)Oc1c(NC(=O)Nc2ccc(Cl)cc2)sc2c1CCN(C(=O)c1cccnc1)C2. The van der Waals surface area contributed by atoms with Crippen LogP contribution in [0.15, 0.2) is 48.8 Å². The molecule has 9 nitrogen and oxygen atoms in total. The van der Waals surface area contributed by atoms with Gasteiger partial charge in [0, 0.05) is 40.1 Å². The van der Waals surface area contributed by atoms with Crippen LogP contribution in [0.3, 0.4) is 0 Å². The van der Waals surface area contributed by atoms with Gasteiger partial charge in [0.1, 0.15) is 5.00 Å². The molecule has 1 aromatic carbocycles. The van der Waals surface area contributed by atoms with Crippen molar-refractivity contribution in [2.45, 2.75) is 13.0 Å². The number of pyridine rings is 1. The van der Waals surface area contributed by atoms with Crippen LogP contribution in [-0.2, 0) is 13.0 Å². The van der Waals surface area contributed by atoms with Crippen molar-refractivity contribution in [3.8, 4) is 5.75 Å². The lowest BCUT2D eigenvalue weighted by atomic mass is 10.1. The van der Waals surface area contributed by atoms with Crippen molar-refractivity contribution < 1.29 is 19.1 Å². The Hall–Kier alpha value is -3.63. The largest absolute Gasteiger partial charge is 0.410 e. The second-order valence-electron chi connectivity index (χ2n) is 6.89. The maximum atomic E-state index is 12.8. The summed E-state index contributed by atoms with van der Waals surface area (Å²) in [5.41, 5.74) is 7.01. The highest BCUT2D eigenvalue weighted by Crippen LogP contribution is 2.43. The highest BCUT2D eigenvalue weighted by atomic mass is 35.5. The van der Waals surface area contributed by atoms with Gasteiger partial charge in [-0.2, -0.15) is 0 Å². The molecule has 0 aliphatic carbocycles. The van der Waals surface area contributed by atoms with Gasteiger partial charge in [-0.25, -0.2) is 9.59 Å². The molecule has 4 N–H and O–H groups in total. The first-order valence-electron chi connectivity index (χ1n) is 9.55. The summed E-state index contributed by atoms with van der Waals surface area (Å²) >= 11 is 7.09. The summed E-state index contributed by atoms with van der Waals surface area (Å²) in [6.45, 7) is 0.728. The molecule has 0 unspecified atom stereocenters. The Labute approximate surface area is 192 Å². The fourth-order valence-corrected chi connectivity index (χ4v) is 4.62. The topological polar surface area (TPSA) is 127 Å². The van der Waals surface area contributed by atoms with E-state index < -0.39 is 12.1 Å². The van der Waals surface area contributed by atoms with E-state index in [1.165, 1.54) is 17.5 Å². The molecule has 2 aromatic heterocycles. The van der Waals surface area contributed by atoms with Gasteiger partial charge in [0.2, 0.25) is 0 Å². The van der Waals surface area contributed by atoms with E-state index in [0.717, 1.165) is 10.4 Å². The number of urea groups is 1. The minimum Gasteiger partial charge on any atom is -0.407 e. The Morgan fingerprint density at radius 2 is 1.94 bits per heavy atom. The van der Waals surface area contributed by atoms with Gasteiger partial charge in [0.25, 0.3) is 5.91 Å². The summed E-state index contributed by atoms with van der Waals surface area (Å²) in [5, 5.41) is 6.26. The van der Waals surface area contributed by atoms with E-state index in [0.29, 0.717) is 40.8 Å². The Bertz CT molecular complexity index is 1170. The first kappa shape index (κ1) is 21.6. The van der Waals surface area contributed by atoms with E-state index in [2.05, 4.69) is 15.6 Å². The molecule has 0 fully saturated rings. The summed E-state index contributed by atoms with van der Waals surface area (Å²) in [7, 11) is 0. The molecule has 164 valence electrons. The van der Waals surface area contributed by atoms with Crippen molar-refractivity contribution in [1.29, 1.82) is 0 Å². The quantitative estimate of drug-likeness (QED) is 0.528. The number of aromatic nitrogens is 1. The number of carbonyl (C=O) groups is 3. The number of fused-ring (bicyclic) bond motifs is 1. The lowest BCUT2D eigenvalue weighted by molar-refractivity contribution is 0.0735. The number of anilines is 2. The monoisotopic (exact) mass is 471 g/mol. The number of benzene rings is 1. The molecule has 0 bridgehead atoms. The zero-order chi connectivity index (χ0) is 22.7. The molecular formula is C21H18ClN5O4S. The third-order valence-electron chi connectivity index (χ3n) is 4.74. The van der Waals surface area contributed by atoms with Crippen LogP contribution in [0.2, 0.25) is 5.02 Å². The molecule has 32 heavy (non-hydrogen) atoms. The molecular weight excluding hydrogens is 454 g/mol. The number of halogens is 1. The predicted octanol–water partition coefficient (Wildman–Crippen LogP) is 4.10. The number of thiophene rings is 1. The third kappa shape index (κ3) is 4.82. The van der Waals surface area contributed by atoms with E-state index in [9.17, 15) is 14.4 Å². The molecule has 4 amide bonds. The Balaban J connectivity index is 1.54. The van der Waals surface area contributed by atoms with Crippen molar-refractivity contribution >= 4 is 51.7 Å². The number of nitrogens with zero attached hydrogens (tertiary/aromatic N) is 2. The predicted molar refractivity (Wildman–Crippen MR) is 121 cm³/mol. The lowest BCUT2D eigenvalue weighted by Gasteiger charge is -2.27. The number of carbonyl (C=O) groups excluding carboxylic acids is 3. The third-order valence-corrected chi connectivity index (χ3v) is 6.10. The van der Waals surface area contributed by atoms with Gasteiger partial charge in [-0.1, -0.05) is 11.6 Å². The molecule has 4 rings (SSSR count). The van der Waals surface area contributed by atoms with E-state index in [4.69, 9.17) is 22.1 Å². The fraction of sp³-hybridized carbons (Fsp3) is 0.143. The molecule has 11 heteroatoms. The second-order valence-corrected chi connectivity index (χ2v) is 8.43. The van der Waals surface area contributed by atoms with Crippen molar-refractivity contribution in [1.82, 2.24) is 9.88 Å². The zero-order valence-electron chi connectivity index (χ0n) is 16.6. The standard InChI is InChI=1S/C21H18ClN5O4S/c22-13-3-5-14(6-4-13)25-21(30)26-18-17(31-20(23)29)15-7-9-27(11-16(15)32-18)19(28)12-2-1-8-24-10-12/h1-6,8,10H,7,9,11H2,(H2,23,29)(H2,25,26,30).